The number of carbonyl (C=O) groups excluding carboxylic acids is 2. The van der Waals surface area contributed by atoms with Crippen LogP contribution in [0.15, 0.2) is 34.7 Å². The Labute approximate surface area is 165 Å². The molecule has 0 atom stereocenters. The zero-order chi connectivity index (χ0) is 19.5. The monoisotopic (exact) mass is 394 g/mol. The average Bonchev–Trinajstić information content (AvgIpc) is 3.20. The van der Waals surface area contributed by atoms with Crippen LogP contribution in [0.2, 0.25) is 0 Å². The van der Waals surface area contributed by atoms with Crippen molar-refractivity contribution in [1.29, 1.82) is 5.26 Å². The van der Waals surface area contributed by atoms with Gasteiger partial charge in [0.15, 0.2) is 6.61 Å². The van der Waals surface area contributed by atoms with Gasteiger partial charge >= 0.3 is 5.97 Å². The van der Waals surface area contributed by atoms with Gasteiger partial charge in [0, 0.05) is 10.3 Å². The number of furan rings is 1. The van der Waals surface area contributed by atoms with Crippen LogP contribution in [0.1, 0.15) is 45.1 Å². The van der Waals surface area contributed by atoms with Crippen molar-refractivity contribution in [1.82, 2.24) is 0 Å². The van der Waals surface area contributed by atoms with Crippen molar-refractivity contribution in [3.05, 3.63) is 51.4 Å². The fourth-order valence-electron chi connectivity index (χ4n) is 3.39. The number of para-hydroxylation sites is 1. The summed E-state index contributed by atoms with van der Waals surface area (Å²) >= 11 is 1.46. The van der Waals surface area contributed by atoms with E-state index in [0.717, 1.165) is 25.7 Å². The van der Waals surface area contributed by atoms with E-state index >= 15 is 0 Å². The van der Waals surface area contributed by atoms with Gasteiger partial charge in [-0.2, -0.15) is 5.26 Å². The van der Waals surface area contributed by atoms with Crippen molar-refractivity contribution in [3.63, 3.8) is 0 Å². The second-order valence-electron chi connectivity index (χ2n) is 6.66. The Morgan fingerprint density at radius 3 is 2.89 bits per heavy atom. The van der Waals surface area contributed by atoms with Crippen LogP contribution in [0, 0.1) is 11.3 Å². The first-order chi connectivity index (χ1) is 13.7. The molecule has 0 unspecified atom stereocenters. The number of nitrogens with zero attached hydrogens (tertiary/aromatic N) is 1. The van der Waals surface area contributed by atoms with Crippen molar-refractivity contribution < 1.29 is 18.7 Å². The standard InChI is InChI=1S/C21H18N2O4S/c22-11-16-20(14-7-4-5-8-15(14)27-16)23-19(24)12-26-21(25)18-10-13-6-2-1-3-9-17(13)28-18/h4-5,7-8,10H,1-3,6,9,12H2,(H,23,24). The number of esters is 1. The lowest BCUT2D eigenvalue weighted by atomic mass is 10.1. The van der Waals surface area contributed by atoms with Gasteiger partial charge in [-0.1, -0.05) is 18.6 Å². The van der Waals surface area contributed by atoms with Crippen LogP contribution in [-0.4, -0.2) is 18.5 Å². The Balaban J connectivity index is 1.41. The Morgan fingerprint density at radius 2 is 2.04 bits per heavy atom. The van der Waals surface area contributed by atoms with Gasteiger partial charge in [-0.25, -0.2) is 4.79 Å². The van der Waals surface area contributed by atoms with Crippen molar-refractivity contribution >= 4 is 39.9 Å². The van der Waals surface area contributed by atoms with Crippen molar-refractivity contribution in [2.24, 2.45) is 0 Å². The predicted octanol–water partition coefficient (Wildman–Crippen LogP) is 4.43. The van der Waals surface area contributed by atoms with E-state index in [4.69, 9.17) is 9.15 Å². The number of hydrogen-bond acceptors (Lipinski definition) is 6. The molecule has 4 rings (SSSR count). The van der Waals surface area contributed by atoms with Crippen LogP contribution in [0.5, 0.6) is 0 Å². The molecule has 1 amide bonds. The highest BCUT2D eigenvalue weighted by molar-refractivity contribution is 7.14. The Hall–Kier alpha value is -3.11. The van der Waals surface area contributed by atoms with Gasteiger partial charge in [0.2, 0.25) is 5.76 Å². The molecule has 0 radical (unpaired) electrons. The fourth-order valence-corrected chi connectivity index (χ4v) is 4.54. The molecule has 1 N–H and O–H groups in total. The zero-order valence-corrected chi connectivity index (χ0v) is 15.9. The van der Waals surface area contributed by atoms with Gasteiger partial charge in [0.1, 0.15) is 22.2 Å². The molecule has 0 fully saturated rings. The molecule has 0 saturated carbocycles. The average molecular weight is 394 g/mol. The summed E-state index contributed by atoms with van der Waals surface area (Å²) in [6.45, 7) is -0.425. The summed E-state index contributed by atoms with van der Waals surface area (Å²) in [5.41, 5.74) is 2.02. The second-order valence-corrected chi connectivity index (χ2v) is 7.79. The number of anilines is 1. The van der Waals surface area contributed by atoms with Gasteiger partial charge in [0.25, 0.3) is 5.91 Å². The Morgan fingerprint density at radius 1 is 1.21 bits per heavy atom. The number of fused-ring (bicyclic) bond motifs is 2. The minimum atomic E-state index is -0.519. The van der Waals surface area contributed by atoms with Crippen molar-refractivity contribution in [2.45, 2.75) is 32.1 Å². The Bertz CT molecular complexity index is 1070. The fraction of sp³-hybridized carbons (Fsp3) is 0.286. The summed E-state index contributed by atoms with van der Waals surface area (Å²) in [4.78, 5) is 26.4. The number of thiophene rings is 1. The molecule has 1 aliphatic rings. The van der Waals surface area contributed by atoms with Crippen molar-refractivity contribution in [3.8, 4) is 6.07 Å². The van der Waals surface area contributed by atoms with E-state index in [1.165, 1.54) is 28.2 Å². The summed E-state index contributed by atoms with van der Waals surface area (Å²) in [5, 5.41) is 12.5. The number of rotatable bonds is 4. The van der Waals surface area contributed by atoms with Crippen LogP contribution in [0.3, 0.4) is 0 Å². The molecule has 28 heavy (non-hydrogen) atoms. The van der Waals surface area contributed by atoms with E-state index in [1.807, 2.05) is 12.1 Å². The van der Waals surface area contributed by atoms with Gasteiger partial charge < -0.3 is 14.5 Å². The molecule has 142 valence electrons. The van der Waals surface area contributed by atoms with Crippen LogP contribution >= 0.6 is 11.3 Å². The van der Waals surface area contributed by atoms with Crippen LogP contribution in [-0.2, 0) is 22.4 Å². The van der Waals surface area contributed by atoms with E-state index < -0.39 is 18.5 Å². The summed E-state index contributed by atoms with van der Waals surface area (Å²) in [6, 6.07) is 10.9. The van der Waals surface area contributed by atoms with Crippen LogP contribution < -0.4 is 5.32 Å². The lowest BCUT2D eigenvalue weighted by Gasteiger charge is -2.05. The minimum Gasteiger partial charge on any atom is -0.451 e. The van der Waals surface area contributed by atoms with E-state index in [9.17, 15) is 14.9 Å². The molecular formula is C21H18N2O4S. The highest BCUT2D eigenvalue weighted by Crippen LogP contribution is 2.31. The third-order valence-corrected chi connectivity index (χ3v) is 5.96. The molecule has 7 heteroatoms. The Kier molecular flexibility index (Phi) is 5.13. The van der Waals surface area contributed by atoms with Gasteiger partial charge in [-0.05, 0) is 49.4 Å². The summed E-state index contributed by atoms with van der Waals surface area (Å²) in [6.07, 6.45) is 5.49. The normalized spacial score (nSPS) is 13.4. The largest absolute Gasteiger partial charge is 0.451 e. The molecule has 6 nitrogen and oxygen atoms in total. The third kappa shape index (κ3) is 3.64. The quantitative estimate of drug-likeness (QED) is 0.522. The number of benzene rings is 1. The highest BCUT2D eigenvalue weighted by atomic mass is 32.1. The van der Waals surface area contributed by atoms with Crippen molar-refractivity contribution in [2.75, 3.05) is 11.9 Å². The first-order valence-corrected chi connectivity index (χ1v) is 9.97. The van der Waals surface area contributed by atoms with E-state index in [0.29, 0.717) is 21.5 Å². The number of nitriles is 1. The third-order valence-electron chi connectivity index (χ3n) is 4.74. The summed E-state index contributed by atoms with van der Waals surface area (Å²) < 4.78 is 10.6. The predicted molar refractivity (Wildman–Crippen MR) is 105 cm³/mol. The minimum absolute atomic E-state index is 0.0165. The van der Waals surface area contributed by atoms with Gasteiger partial charge in [-0.15, -0.1) is 11.3 Å². The molecule has 1 aromatic carbocycles. The maximum atomic E-state index is 12.3. The molecule has 0 saturated heterocycles. The number of ether oxygens (including phenoxy) is 1. The van der Waals surface area contributed by atoms with E-state index in [2.05, 4.69) is 5.32 Å². The first-order valence-electron chi connectivity index (χ1n) is 9.16. The molecule has 1 aliphatic carbocycles. The van der Waals surface area contributed by atoms with E-state index in [-0.39, 0.29) is 5.76 Å². The number of nitrogens with one attached hydrogen (secondary N) is 1. The first kappa shape index (κ1) is 18.3. The number of carbonyl (C=O) groups is 2. The van der Waals surface area contributed by atoms with Gasteiger partial charge in [0.05, 0.1) is 0 Å². The summed E-state index contributed by atoms with van der Waals surface area (Å²) in [7, 11) is 0. The topological polar surface area (TPSA) is 92.3 Å². The molecule has 0 spiro atoms. The molecule has 2 aromatic heterocycles. The SMILES string of the molecule is N#Cc1oc2ccccc2c1NC(=O)COC(=O)c1cc2c(s1)CCCCC2. The molecular weight excluding hydrogens is 376 g/mol. The number of aryl methyl sites for hydroxylation is 2. The highest BCUT2D eigenvalue weighted by Gasteiger charge is 2.20. The van der Waals surface area contributed by atoms with E-state index in [1.54, 1.807) is 24.3 Å². The lowest BCUT2D eigenvalue weighted by Crippen LogP contribution is -2.20. The maximum Gasteiger partial charge on any atom is 0.348 e. The number of hydrogen-bond donors (Lipinski definition) is 1. The molecule has 2 heterocycles. The number of amides is 1. The maximum absolute atomic E-state index is 12.3. The van der Waals surface area contributed by atoms with Crippen LogP contribution in [0.4, 0.5) is 5.69 Å². The summed E-state index contributed by atoms with van der Waals surface area (Å²) in [5.74, 6) is -0.997. The molecule has 0 bridgehead atoms. The second kappa shape index (κ2) is 7.87. The lowest BCUT2D eigenvalue weighted by molar-refractivity contribution is -0.119. The smallest absolute Gasteiger partial charge is 0.348 e. The zero-order valence-electron chi connectivity index (χ0n) is 15.1. The van der Waals surface area contributed by atoms with Gasteiger partial charge in [-0.3, -0.25) is 4.79 Å². The molecule has 3 aromatic rings. The molecule has 0 aliphatic heterocycles. The van der Waals surface area contributed by atoms with Crippen LogP contribution in [0.25, 0.3) is 11.0 Å².